The van der Waals surface area contributed by atoms with E-state index in [1.165, 1.54) is 13.0 Å². The summed E-state index contributed by atoms with van der Waals surface area (Å²) in [4.78, 5) is 21.9. The van der Waals surface area contributed by atoms with Crippen molar-refractivity contribution in [3.63, 3.8) is 0 Å². The Hall–Kier alpha value is -2.18. The Labute approximate surface area is 84.9 Å². The minimum atomic E-state index is -1.11. The summed E-state index contributed by atoms with van der Waals surface area (Å²) >= 11 is 0. The number of hydrogen-bond acceptors (Lipinski definition) is 4. The Bertz CT molecular complexity index is 468. The first-order valence-electron chi connectivity index (χ1n) is 4.11. The summed E-state index contributed by atoms with van der Waals surface area (Å²) in [6.45, 7) is 5.05. The van der Waals surface area contributed by atoms with Gasteiger partial charge in [0.2, 0.25) is 0 Å². The molecular formula is C8H10N4O3. The van der Waals surface area contributed by atoms with Crippen molar-refractivity contribution in [2.45, 2.75) is 13.5 Å². The molecule has 0 amide bonds. The van der Waals surface area contributed by atoms with Gasteiger partial charge in [-0.25, -0.2) is 9.59 Å². The number of hydrogen-bond donors (Lipinski definition) is 1. The highest BCUT2D eigenvalue weighted by atomic mass is 16.4. The van der Waals surface area contributed by atoms with Gasteiger partial charge in [-0.1, -0.05) is 6.08 Å². The number of carbonyl (C=O) groups is 1. The van der Waals surface area contributed by atoms with Crippen LogP contribution >= 0.6 is 0 Å². The van der Waals surface area contributed by atoms with Crippen molar-refractivity contribution in [2.75, 3.05) is 0 Å². The molecule has 0 bridgehead atoms. The minimum absolute atomic E-state index is 0.00255. The molecular weight excluding hydrogens is 200 g/mol. The number of carboxylic acids is 1. The van der Waals surface area contributed by atoms with Crippen molar-refractivity contribution < 1.29 is 9.90 Å². The molecule has 80 valence electrons. The van der Waals surface area contributed by atoms with Crippen LogP contribution in [-0.2, 0) is 11.3 Å². The molecule has 15 heavy (non-hydrogen) atoms. The highest BCUT2D eigenvalue weighted by molar-refractivity contribution is 5.89. The summed E-state index contributed by atoms with van der Waals surface area (Å²) < 4.78 is 1.94. The molecule has 0 radical (unpaired) electrons. The van der Waals surface area contributed by atoms with Crippen LogP contribution < -0.4 is 5.69 Å². The van der Waals surface area contributed by atoms with Crippen molar-refractivity contribution in [1.82, 2.24) is 19.8 Å². The first-order chi connectivity index (χ1) is 7.06. The predicted molar refractivity (Wildman–Crippen MR) is 52.1 cm³/mol. The maximum absolute atomic E-state index is 11.4. The zero-order valence-corrected chi connectivity index (χ0v) is 8.12. The molecule has 0 fully saturated rings. The van der Waals surface area contributed by atoms with Crippen molar-refractivity contribution in [3.8, 4) is 0 Å². The van der Waals surface area contributed by atoms with Crippen LogP contribution in [0.3, 0.4) is 0 Å². The van der Waals surface area contributed by atoms with E-state index in [1.807, 2.05) is 0 Å². The zero-order valence-electron chi connectivity index (χ0n) is 8.12. The van der Waals surface area contributed by atoms with Gasteiger partial charge in [-0.15, -0.1) is 6.58 Å². The van der Waals surface area contributed by atoms with Gasteiger partial charge >= 0.3 is 11.7 Å². The van der Waals surface area contributed by atoms with Gasteiger partial charge in [0.15, 0.2) is 0 Å². The first-order valence-corrected chi connectivity index (χ1v) is 4.11. The van der Waals surface area contributed by atoms with E-state index in [9.17, 15) is 9.59 Å². The van der Waals surface area contributed by atoms with Crippen molar-refractivity contribution in [1.29, 1.82) is 0 Å². The SMILES string of the molecule is C=CCn1nnn(/C=C(\C)C(=O)O)c1=O. The number of rotatable bonds is 4. The van der Waals surface area contributed by atoms with E-state index < -0.39 is 11.7 Å². The first kappa shape index (κ1) is 10.9. The summed E-state index contributed by atoms with van der Waals surface area (Å²) in [5.41, 5.74) is -0.502. The summed E-state index contributed by atoms with van der Waals surface area (Å²) in [7, 11) is 0. The van der Waals surface area contributed by atoms with Crippen LogP contribution in [0.4, 0.5) is 0 Å². The van der Waals surface area contributed by atoms with Crippen LogP contribution in [0.15, 0.2) is 23.0 Å². The van der Waals surface area contributed by atoms with Gasteiger partial charge in [0.05, 0.1) is 12.1 Å². The maximum atomic E-state index is 11.4. The summed E-state index contributed by atoms with van der Waals surface area (Å²) in [6.07, 6.45) is 2.60. The Morgan fingerprint density at radius 1 is 1.60 bits per heavy atom. The van der Waals surface area contributed by atoms with Gasteiger partial charge in [-0.3, -0.25) is 0 Å². The molecule has 0 saturated heterocycles. The Morgan fingerprint density at radius 3 is 2.80 bits per heavy atom. The zero-order chi connectivity index (χ0) is 11.4. The van der Waals surface area contributed by atoms with Gasteiger partial charge in [-0.2, -0.15) is 9.36 Å². The second kappa shape index (κ2) is 4.36. The molecule has 0 atom stereocenters. The average Bonchev–Trinajstić information content (AvgIpc) is 2.50. The highest BCUT2D eigenvalue weighted by Gasteiger charge is 2.05. The summed E-state index contributed by atoms with van der Waals surface area (Å²) in [5.74, 6) is -1.11. The van der Waals surface area contributed by atoms with Crippen LogP contribution in [0.1, 0.15) is 6.92 Å². The van der Waals surface area contributed by atoms with Gasteiger partial charge in [-0.05, 0) is 17.4 Å². The molecule has 1 heterocycles. The number of nitrogens with zero attached hydrogens (tertiary/aromatic N) is 4. The Balaban J connectivity index is 3.07. The van der Waals surface area contributed by atoms with Crippen LogP contribution in [0.5, 0.6) is 0 Å². The van der Waals surface area contributed by atoms with Gasteiger partial charge in [0.25, 0.3) is 0 Å². The molecule has 0 saturated carbocycles. The fourth-order valence-corrected chi connectivity index (χ4v) is 0.843. The van der Waals surface area contributed by atoms with Crippen LogP contribution in [0, 0.1) is 0 Å². The third-order valence-corrected chi connectivity index (χ3v) is 1.62. The second-order valence-corrected chi connectivity index (χ2v) is 2.79. The lowest BCUT2D eigenvalue weighted by molar-refractivity contribution is -0.132. The molecule has 0 unspecified atom stereocenters. The lowest BCUT2D eigenvalue weighted by Crippen LogP contribution is -2.22. The molecule has 7 nitrogen and oxygen atoms in total. The van der Waals surface area contributed by atoms with Crippen LogP contribution in [0.2, 0.25) is 0 Å². The lowest BCUT2D eigenvalue weighted by Gasteiger charge is -1.91. The predicted octanol–water partition coefficient (Wildman–Crippen LogP) is -0.429. The van der Waals surface area contributed by atoms with E-state index in [0.717, 1.165) is 15.6 Å². The lowest BCUT2D eigenvalue weighted by atomic mass is 10.3. The molecule has 0 aromatic carbocycles. The molecule has 1 aromatic rings. The fraction of sp³-hybridized carbons (Fsp3) is 0.250. The normalized spacial score (nSPS) is 11.4. The third kappa shape index (κ3) is 2.39. The Kier molecular flexibility index (Phi) is 3.17. The van der Waals surface area contributed by atoms with Crippen LogP contribution in [0.25, 0.3) is 6.20 Å². The second-order valence-electron chi connectivity index (χ2n) is 2.79. The van der Waals surface area contributed by atoms with Gasteiger partial charge in [0, 0.05) is 6.20 Å². The van der Waals surface area contributed by atoms with E-state index in [2.05, 4.69) is 17.0 Å². The monoisotopic (exact) mass is 210 g/mol. The molecule has 7 heteroatoms. The van der Waals surface area contributed by atoms with E-state index in [-0.39, 0.29) is 12.1 Å². The summed E-state index contributed by atoms with van der Waals surface area (Å²) in [6, 6.07) is 0. The molecule has 0 aliphatic carbocycles. The van der Waals surface area contributed by atoms with E-state index in [4.69, 9.17) is 5.11 Å². The Morgan fingerprint density at radius 2 is 2.27 bits per heavy atom. The molecule has 0 aliphatic rings. The molecule has 1 N–H and O–H groups in total. The van der Waals surface area contributed by atoms with Crippen molar-refractivity contribution in [3.05, 3.63) is 28.7 Å². The average molecular weight is 210 g/mol. The van der Waals surface area contributed by atoms with Crippen molar-refractivity contribution >= 4 is 12.2 Å². The topological polar surface area (TPSA) is 90.0 Å². The fourth-order valence-electron chi connectivity index (χ4n) is 0.843. The standard InChI is InChI=1S/C8H10N4O3/c1-3-4-11-8(15)12(10-9-11)5-6(2)7(13)14/h3,5H,1,4H2,2H3,(H,13,14)/b6-5+. The van der Waals surface area contributed by atoms with Crippen molar-refractivity contribution in [2.24, 2.45) is 0 Å². The number of aliphatic carboxylic acids is 1. The number of aromatic nitrogens is 4. The number of allylic oxidation sites excluding steroid dienone is 1. The molecule has 0 spiro atoms. The molecule has 0 aliphatic heterocycles. The minimum Gasteiger partial charge on any atom is -0.478 e. The highest BCUT2D eigenvalue weighted by Crippen LogP contribution is 1.92. The molecule has 1 aromatic heterocycles. The van der Waals surface area contributed by atoms with E-state index in [1.54, 1.807) is 0 Å². The smallest absolute Gasteiger partial charge is 0.368 e. The van der Waals surface area contributed by atoms with Gasteiger partial charge in [0.1, 0.15) is 0 Å². The maximum Gasteiger partial charge on any atom is 0.368 e. The molecule has 1 rings (SSSR count). The van der Waals surface area contributed by atoms with E-state index >= 15 is 0 Å². The largest absolute Gasteiger partial charge is 0.478 e. The quantitative estimate of drug-likeness (QED) is 0.538. The number of carboxylic acid groups (broad SMARTS) is 1. The van der Waals surface area contributed by atoms with Crippen LogP contribution in [-0.4, -0.2) is 30.9 Å². The van der Waals surface area contributed by atoms with Gasteiger partial charge < -0.3 is 5.11 Å². The number of tetrazole rings is 1. The van der Waals surface area contributed by atoms with E-state index in [0.29, 0.717) is 0 Å². The third-order valence-electron chi connectivity index (χ3n) is 1.62. The summed E-state index contributed by atoms with van der Waals surface area (Å²) in [5, 5.41) is 15.6.